The summed E-state index contributed by atoms with van der Waals surface area (Å²) in [4.78, 5) is 14.0. The quantitative estimate of drug-likeness (QED) is 0.599. The van der Waals surface area contributed by atoms with E-state index < -0.39 is 12.7 Å². The summed E-state index contributed by atoms with van der Waals surface area (Å²) in [6.07, 6.45) is -4.12. The molecule has 2 rings (SSSR count). The molecule has 0 aliphatic rings. The first-order valence-corrected chi connectivity index (χ1v) is 5.46. The summed E-state index contributed by atoms with van der Waals surface area (Å²) in [5, 5.41) is 0.318. The molecule has 0 fully saturated rings. The zero-order valence-corrected chi connectivity index (χ0v) is 10.1. The lowest BCUT2D eigenvalue weighted by Crippen LogP contribution is -2.19. The minimum Gasteiger partial charge on any atom is -0.329 e. The highest BCUT2D eigenvalue weighted by atomic mass is 35.5. The van der Waals surface area contributed by atoms with Gasteiger partial charge in [-0.15, -0.1) is 0 Å². The first kappa shape index (κ1) is 13.4. The Balaban J connectivity index is 2.73. The summed E-state index contributed by atoms with van der Waals surface area (Å²) in [6, 6.07) is 3.94. The van der Waals surface area contributed by atoms with Crippen molar-refractivity contribution < 1.29 is 18.0 Å². The normalized spacial score (nSPS) is 11.5. The van der Waals surface area contributed by atoms with Crippen LogP contribution in [-0.2, 0) is 6.54 Å². The van der Waals surface area contributed by atoms with E-state index in [2.05, 4.69) is 4.85 Å². The molecule has 98 valence electrons. The van der Waals surface area contributed by atoms with Gasteiger partial charge in [-0.3, -0.25) is 4.79 Å². The summed E-state index contributed by atoms with van der Waals surface area (Å²) in [6.45, 7) is 5.61. The van der Waals surface area contributed by atoms with Gasteiger partial charge in [0.15, 0.2) is 6.29 Å². The molecule has 0 aliphatic carbocycles. The summed E-state index contributed by atoms with van der Waals surface area (Å²) < 4.78 is 38.3. The monoisotopic (exact) mass is 286 g/mol. The van der Waals surface area contributed by atoms with Crippen LogP contribution in [0, 0.1) is 6.57 Å². The lowest BCUT2D eigenvalue weighted by molar-refractivity contribution is -0.140. The van der Waals surface area contributed by atoms with Crippen LogP contribution in [-0.4, -0.2) is 17.0 Å². The molecule has 0 N–H and O–H groups in total. The number of carbonyl (C=O) groups is 1. The second-order valence-electron chi connectivity index (χ2n) is 3.83. The number of hydrogen-bond acceptors (Lipinski definition) is 1. The number of aromatic nitrogens is 1. The summed E-state index contributed by atoms with van der Waals surface area (Å²) in [7, 11) is 0. The highest BCUT2D eigenvalue weighted by molar-refractivity contribution is 6.38. The van der Waals surface area contributed by atoms with E-state index in [0.717, 1.165) is 4.57 Å². The number of hydrogen-bond donors (Lipinski definition) is 0. The Labute approximate surface area is 111 Å². The highest BCUT2D eigenvalue weighted by Gasteiger charge is 2.30. The number of carbonyl (C=O) groups excluding carboxylic acids is 1. The molecule has 0 aliphatic heterocycles. The topological polar surface area (TPSA) is 26.4 Å². The Hall–Kier alpha value is -2.00. The average molecular weight is 287 g/mol. The standard InChI is InChI=1S/C12H6ClF3N2O/c1-17-9-2-3-10-8(11(9)13)4-7(5-19)18(10)6-12(14,15)16/h2-5H,6H2. The number of halogens is 4. The van der Waals surface area contributed by atoms with E-state index in [0.29, 0.717) is 6.29 Å². The van der Waals surface area contributed by atoms with Crippen molar-refractivity contribution in [2.24, 2.45) is 0 Å². The predicted octanol–water partition coefficient (Wildman–Crippen LogP) is 4.22. The number of fused-ring (bicyclic) bond motifs is 1. The second-order valence-corrected chi connectivity index (χ2v) is 4.21. The third-order valence-electron chi connectivity index (χ3n) is 2.61. The van der Waals surface area contributed by atoms with Crippen LogP contribution in [0.1, 0.15) is 10.5 Å². The molecule has 0 saturated heterocycles. The average Bonchev–Trinajstić information content (AvgIpc) is 2.67. The number of nitrogens with zero attached hydrogens (tertiary/aromatic N) is 2. The molecular formula is C12H6ClF3N2O. The van der Waals surface area contributed by atoms with Crippen molar-refractivity contribution in [1.29, 1.82) is 0 Å². The van der Waals surface area contributed by atoms with Crippen LogP contribution in [0.5, 0.6) is 0 Å². The zero-order chi connectivity index (χ0) is 14.2. The van der Waals surface area contributed by atoms with Crippen LogP contribution in [0.15, 0.2) is 18.2 Å². The molecule has 3 nitrogen and oxygen atoms in total. The molecule has 0 unspecified atom stereocenters. The molecule has 1 heterocycles. The number of alkyl halides is 3. The molecule has 0 amide bonds. The fourth-order valence-corrected chi connectivity index (χ4v) is 2.11. The highest BCUT2D eigenvalue weighted by Crippen LogP contribution is 2.35. The molecule has 0 spiro atoms. The largest absolute Gasteiger partial charge is 0.406 e. The van der Waals surface area contributed by atoms with E-state index in [1.807, 2.05) is 0 Å². The summed E-state index contributed by atoms with van der Waals surface area (Å²) in [5.74, 6) is 0. The van der Waals surface area contributed by atoms with Gasteiger partial charge in [-0.25, -0.2) is 4.85 Å². The smallest absolute Gasteiger partial charge is 0.329 e. The predicted molar refractivity (Wildman–Crippen MR) is 64.7 cm³/mol. The Bertz CT molecular complexity index is 698. The van der Waals surface area contributed by atoms with Gasteiger partial charge < -0.3 is 4.57 Å². The molecule has 7 heteroatoms. The van der Waals surface area contributed by atoms with Crippen molar-refractivity contribution in [3.63, 3.8) is 0 Å². The number of rotatable bonds is 2. The van der Waals surface area contributed by atoms with Gasteiger partial charge in [0.2, 0.25) is 5.69 Å². The van der Waals surface area contributed by atoms with Crippen molar-refractivity contribution in [1.82, 2.24) is 4.57 Å². The lowest BCUT2D eigenvalue weighted by atomic mass is 10.2. The van der Waals surface area contributed by atoms with E-state index in [9.17, 15) is 18.0 Å². The van der Waals surface area contributed by atoms with E-state index in [1.54, 1.807) is 0 Å². The minimum atomic E-state index is -4.45. The van der Waals surface area contributed by atoms with Crippen LogP contribution in [0.2, 0.25) is 5.02 Å². The first-order chi connectivity index (χ1) is 8.87. The molecule has 19 heavy (non-hydrogen) atoms. The Morgan fingerprint density at radius 2 is 2.11 bits per heavy atom. The summed E-state index contributed by atoms with van der Waals surface area (Å²) in [5.41, 5.74) is 0.184. The minimum absolute atomic E-state index is 0.0523. The Morgan fingerprint density at radius 1 is 1.42 bits per heavy atom. The van der Waals surface area contributed by atoms with Gasteiger partial charge in [-0.1, -0.05) is 17.7 Å². The molecule has 0 bridgehead atoms. The van der Waals surface area contributed by atoms with E-state index in [-0.39, 0.29) is 27.3 Å². The van der Waals surface area contributed by atoms with Crippen LogP contribution in [0.4, 0.5) is 18.9 Å². The first-order valence-electron chi connectivity index (χ1n) is 5.08. The maximum absolute atomic E-state index is 12.5. The van der Waals surface area contributed by atoms with Gasteiger partial charge in [-0.05, 0) is 12.1 Å². The Kier molecular flexibility index (Phi) is 3.25. The fourth-order valence-electron chi connectivity index (χ4n) is 1.85. The van der Waals surface area contributed by atoms with Crippen LogP contribution >= 0.6 is 11.6 Å². The molecule has 2 aromatic rings. The maximum Gasteiger partial charge on any atom is 0.406 e. The van der Waals surface area contributed by atoms with E-state index >= 15 is 0 Å². The fraction of sp³-hybridized carbons (Fsp3) is 0.167. The van der Waals surface area contributed by atoms with Gasteiger partial charge in [-0.2, -0.15) is 13.2 Å². The third-order valence-corrected chi connectivity index (χ3v) is 3.01. The van der Waals surface area contributed by atoms with Gasteiger partial charge in [0, 0.05) is 10.9 Å². The molecular weight excluding hydrogens is 281 g/mol. The lowest BCUT2D eigenvalue weighted by Gasteiger charge is -2.11. The third kappa shape index (κ3) is 2.42. The van der Waals surface area contributed by atoms with Gasteiger partial charge in [0.1, 0.15) is 6.54 Å². The number of benzene rings is 1. The van der Waals surface area contributed by atoms with E-state index in [1.165, 1.54) is 18.2 Å². The van der Waals surface area contributed by atoms with Crippen molar-refractivity contribution in [2.45, 2.75) is 12.7 Å². The molecule has 0 radical (unpaired) electrons. The van der Waals surface area contributed by atoms with Gasteiger partial charge >= 0.3 is 6.18 Å². The van der Waals surface area contributed by atoms with Crippen LogP contribution in [0.3, 0.4) is 0 Å². The van der Waals surface area contributed by atoms with Crippen molar-refractivity contribution >= 4 is 34.5 Å². The Morgan fingerprint density at radius 3 is 2.63 bits per heavy atom. The molecule has 1 aromatic heterocycles. The van der Waals surface area contributed by atoms with Gasteiger partial charge in [0.25, 0.3) is 0 Å². The van der Waals surface area contributed by atoms with Crippen LogP contribution in [0.25, 0.3) is 15.7 Å². The van der Waals surface area contributed by atoms with E-state index in [4.69, 9.17) is 18.2 Å². The maximum atomic E-state index is 12.5. The molecule has 1 aromatic carbocycles. The number of aldehydes is 1. The molecule has 0 saturated carbocycles. The summed E-state index contributed by atoms with van der Waals surface area (Å²) >= 11 is 5.93. The second kappa shape index (κ2) is 4.59. The van der Waals surface area contributed by atoms with Crippen molar-refractivity contribution in [2.75, 3.05) is 0 Å². The molecule has 0 atom stereocenters. The zero-order valence-electron chi connectivity index (χ0n) is 9.33. The van der Waals surface area contributed by atoms with Gasteiger partial charge in [0.05, 0.1) is 17.3 Å². The van der Waals surface area contributed by atoms with Crippen molar-refractivity contribution in [3.8, 4) is 0 Å². The van der Waals surface area contributed by atoms with Crippen LogP contribution < -0.4 is 0 Å². The SMILES string of the molecule is [C-]#[N+]c1ccc2c(cc(C=O)n2CC(F)(F)F)c1Cl. The van der Waals surface area contributed by atoms with Crippen molar-refractivity contribution in [3.05, 3.63) is 40.3 Å².